The van der Waals surface area contributed by atoms with Crippen LogP contribution in [-0.4, -0.2) is 35.3 Å². The van der Waals surface area contributed by atoms with Crippen molar-refractivity contribution in [2.24, 2.45) is 0 Å². The van der Waals surface area contributed by atoms with Crippen molar-refractivity contribution in [3.8, 4) is 0 Å². The van der Waals surface area contributed by atoms with Gasteiger partial charge in [0.05, 0.1) is 12.7 Å². The summed E-state index contributed by atoms with van der Waals surface area (Å²) in [6, 6.07) is 8.16. The Balaban J connectivity index is 1.78. The highest BCUT2D eigenvalue weighted by Crippen LogP contribution is 2.25. The number of allylic oxidation sites excluding steroid dienone is 1. The second-order valence-electron chi connectivity index (χ2n) is 6.50. The van der Waals surface area contributed by atoms with Crippen LogP contribution < -0.4 is 5.32 Å². The van der Waals surface area contributed by atoms with Gasteiger partial charge in [-0.25, -0.2) is 4.79 Å². The molecular weight excluding hydrogens is 360 g/mol. The highest BCUT2D eigenvalue weighted by molar-refractivity contribution is 7.13. The first-order valence-electron chi connectivity index (χ1n) is 9.25. The van der Waals surface area contributed by atoms with Gasteiger partial charge in [-0.2, -0.15) is 0 Å². The fraction of sp³-hybridized carbons (Fsp3) is 0.429. The average Bonchev–Trinajstić information content (AvgIpc) is 3.14. The van der Waals surface area contributed by atoms with E-state index in [2.05, 4.69) is 29.4 Å². The number of aromatic nitrogens is 1. The molecule has 6 heteroatoms. The molecule has 2 heterocycles. The molecule has 2 rings (SSSR count). The lowest BCUT2D eigenvalue weighted by Gasteiger charge is -2.17. The first-order valence-corrected chi connectivity index (χ1v) is 10.1. The molecular formula is C21H28N2O3S. The molecule has 0 saturated carbocycles. The molecule has 2 aromatic heterocycles. The molecule has 0 bridgehead atoms. The average molecular weight is 389 g/mol. The number of carbonyl (C=O) groups excluding carboxylic acids is 1. The van der Waals surface area contributed by atoms with Gasteiger partial charge in [-0.15, -0.1) is 11.3 Å². The second-order valence-corrected chi connectivity index (χ2v) is 7.66. The molecule has 5 nitrogen and oxygen atoms in total. The molecule has 2 unspecified atom stereocenters. The van der Waals surface area contributed by atoms with Crippen molar-refractivity contribution in [3.63, 3.8) is 0 Å². The Morgan fingerprint density at radius 2 is 2.22 bits per heavy atom. The summed E-state index contributed by atoms with van der Waals surface area (Å²) >= 11 is 1.70. The maximum absolute atomic E-state index is 11.6. The summed E-state index contributed by atoms with van der Waals surface area (Å²) in [6.07, 6.45) is 6.31. The van der Waals surface area contributed by atoms with Crippen LogP contribution in [0, 0.1) is 0 Å². The summed E-state index contributed by atoms with van der Waals surface area (Å²) in [5.74, 6) is -0.296. The molecule has 0 aromatic carbocycles. The minimum absolute atomic E-state index is 0.290. The van der Waals surface area contributed by atoms with Crippen molar-refractivity contribution in [1.82, 2.24) is 10.3 Å². The molecule has 0 aliphatic rings. The van der Waals surface area contributed by atoms with Gasteiger partial charge >= 0.3 is 5.97 Å². The van der Waals surface area contributed by atoms with Gasteiger partial charge in [0, 0.05) is 46.4 Å². The van der Waals surface area contributed by atoms with Gasteiger partial charge in [0.2, 0.25) is 0 Å². The smallest absolute Gasteiger partial charge is 0.331 e. The molecule has 2 N–H and O–H groups in total. The Morgan fingerprint density at radius 1 is 1.41 bits per heavy atom. The van der Waals surface area contributed by atoms with Crippen molar-refractivity contribution >= 4 is 22.9 Å². The van der Waals surface area contributed by atoms with E-state index in [4.69, 9.17) is 4.74 Å². The van der Waals surface area contributed by atoms with Crippen LogP contribution in [0.5, 0.6) is 0 Å². The minimum atomic E-state index is -0.551. The predicted octanol–water partition coefficient (Wildman–Crippen LogP) is 3.75. The fourth-order valence-electron chi connectivity index (χ4n) is 2.62. The molecule has 0 saturated heterocycles. The fourth-order valence-corrected chi connectivity index (χ4v) is 3.62. The van der Waals surface area contributed by atoms with Gasteiger partial charge in [-0.05, 0) is 57.4 Å². The summed E-state index contributed by atoms with van der Waals surface area (Å²) in [6.45, 7) is 6.74. The Morgan fingerprint density at radius 3 is 2.93 bits per heavy atom. The zero-order valence-corrected chi connectivity index (χ0v) is 17.0. The molecule has 2 atom stereocenters. The van der Waals surface area contributed by atoms with Crippen LogP contribution >= 0.6 is 11.3 Å². The van der Waals surface area contributed by atoms with E-state index in [1.54, 1.807) is 36.7 Å². The topological polar surface area (TPSA) is 71.5 Å². The van der Waals surface area contributed by atoms with Gasteiger partial charge in [-0.3, -0.25) is 4.98 Å². The van der Waals surface area contributed by atoms with Crippen molar-refractivity contribution in [2.75, 3.05) is 13.2 Å². The lowest BCUT2D eigenvalue weighted by atomic mass is 10.1. The van der Waals surface area contributed by atoms with E-state index < -0.39 is 6.10 Å². The van der Waals surface area contributed by atoms with Gasteiger partial charge in [0.15, 0.2) is 0 Å². The number of hydrogen-bond acceptors (Lipinski definition) is 6. The molecule has 146 valence electrons. The van der Waals surface area contributed by atoms with Gasteiger partial charge in [0.1, 0.15) is 0 Å². The first-order chi connectivity index (χ1) is 13.0. The van der Waals surface area contributed by atoms with Crippen LogP contribution in [0.1, 0.15) is 48.6 Å². The number of pyridine rings is 1. The number of aliphatic hydroxyl groups excluding tert-OH is 1. The number of hydrogen-bond donors (Lipinski definition) is 2. The number of nitrogens with zero attached hydrogens (tertiary/aromatic N) is 1. The van der Waals surface area contributed by atoms with E-state index >= 15 is 0 Å². The summed E-state index contributed by atoms with van der Waals surface area (Å²) in [7, 11) is 0. The van der Waals surface area contributed by atoms with Crippen LogP contribution in [-0.2, 0) is 16.0 Å². The predicted molar refractivity (Wildman–Crippen MR) is 110 cm³/mol. The number of nitrogens with one attached hydrogen (secondary N) is 1. The largest absolute Gasteiger partial charge is 0.463 e. The SMILES string of the molecule is CCOC(=O)C=C(C)c1ccc(CCC(C)NCC(O)c2cccnc2)s1. The zero-order valence-electron chi connectivity index (χ0n) is 16.1. The Labute approximate surface area is 165 Å². The molecule has 0 aliphatic carbocycles. The van der Waals surface area contributed by atoms with E-state index in [1.165, 1.54) is 4.88 Å². The van der Waals surface area contributed by atoms with Crippen molar-refractivity contribution in [2.45, 2.75) is 45.8 Å². The van der Waals surface area contributed by atoms with E-state index in [-0.39, 0.29) is 12.0 Å². The lowest BCUT2D eigenvalue weighted by molar-refractivity contribution is -0.137. The molecule has 0 amide bonds. The summed E-state index contributed by atoms with van der Waals surface area (Å²) in [4.78, 5) is 18.0. The molecule has 0 fully saturated rings. The number of ether oxygens (including phenoxy) is 1. The zero-order chi connectivity index (χ0) is 19.6. The third kappa shape index (κ3) is 7.25. The highest BCUT2D eigenvalue weighted by Gasteiger charge is 2.10. The quantitative estimate of drug-likeness (QED) is 0.479. The maximum Gasteiger partial charge on any atom is 0.331 e. The number of rotatable bonds is 10. The lowest BCUT2D eigenvalue weighted by Crippen LogP contribution is -2.30. The summed E-state index contributed by atoms with van der Waals surface area (Å²) in [5, 5.41) is 13.6. The summed E-state index contributed by atoms with van der Waals surface area (Å²) in [5.41, 5.74) is 1.75. The Bertz CT molecular complexity index is 743. The number of aliphatic hydroxyl groups is 1. The highest BCUT2D eigenvalue weighted by atomic mass is 32.1. The number of esters is 1. The number of aryl methyl sites for hydroxylation is 1. The van der Waals surface area contributed by atoms with E-state index in [9.17, 15) is 9.90 Å². The molecule has 0 radical (unpaired) electrons. The van der Waals surface area contributed by atoms with E-state index in [1.807, 2.05) is 19.1 Å². The molecule has 0 spiro atoms. The van der Waals surface area contributed by atoms with Gasteiger partial charge in [-0.1, -0.05) is 6.07 Å². The molecule has 27 heavy (non-hydrogen) atoms. The van der Waals surface area contributed by atoms with Crippen LogP contribution in [0.4, 0.5) is 0 Å². The first kappa shape index (κ1) is 21.3. The van der Waals surface area contributed by atoms with Crippen molar-refractivity contribution < 1.29 is 14.6 Å². The maximum atomic E-state index is 11.6. The minimum Gasteiger partial charge on any atom is -0.463 e. The van der Waals surface area contributed by atoms with Crippen molar-refractivity contribution in [1.29, 1.82) is 0 Å². The van der Waals surface area contributed by atoms with Gasteiger partial charge < -0.3 is 15.2 Å². The van der Waals surface area contributed by atoms with Crippen LogP contribution in [0.3, 0.4) is 0 Å². The standard InChI is InChI=1S/C21H28N2O3S/c1-4-26-21(25)12-15(2)20-10-9-18(27-20)8-7-16(3)23-14-19(24)17-6-5-11-22-13-17/h5-6,9-13,16,19,23-24H,4,7-8,14H2,1-3H3. The summed E-state index contributed by atoms with van der Waals surface area (Å²) < 4.78 is 4.95. The van der Waals surface area contributed by atoms with E-state index in [0.29, 0.717) is 13.2 Å². The van der Waals surface area contributed by atoms with Crippen molar-refractivity contribution in [3.05, 3.63) is 58.1 Å². The van der Waals surface area contributed by atoms with Crippen LogP contribution in [0.25, 0.3) is 5.57 Å². The van der Waals surface area contributed by atoms with E-state index in [0.717, 1.165) is 28.9 Å². The second kappa shape index (κ2) is 11.0. The van der Waals surface area contributed by atoms with Crippen LogP contribution in [0.15, 0.2) is 42.7 Å². The normalized spacial score (nSPS) is 14.0. The molecule has 2 aromatic rings. The molecule has 0 aliphatic heterocycles. The van der Waals surface area contributed by atoms with Crippen LogP contribution in [0.2, 0.25) is 0 Å². The Hall–Kier alpha value is -2.02. The third-order valence-electron chi connectivity index (χ3n) is 4.22. The van der Waals surface area contributed by atoms with Gasteiger partial charge in [0.25, 0.3) is 0 Å². The Kier molecular flexibility index (Phi) is 8.64. The monoisotopic (exact) mass is 388 g/mol. The number of thiophene rings is 1. The third-order valence-corrected chi connectivity index (χ3v) is 5.50. The number of carbonyl (C=O) groups is 1.